The van der Waals surface area contributed by atoms with Crippen molar-refractivity contribution in [2.45, 2.75) is 11.9 Å². The Kier molecular flexibility index (Phi) is 4.93. The van der Waals surface area contributed by atoms with Gasteiger partial charge in [-0.05, 0) is 35.9 Å². The SMILES string of the molecule is Clc1cccc(COc2ccc(Cl)cc2CBr)c1. The van der Waals surface area contributed by atoms with Gasteiger partial charge in [0.15, 0.2) is 0 Å². The number of ether oxygens (including phenoxy) is 1. The Morgan fingerprint density at radius 3 is 2.50 bits per heavy atom. The molecular weight excluding hydrogens is 335 g/mol. The van der Waals surface area contributed by atoms with Crippen molar-refractivity contribution in [3.05, 3.63) is 63.6 Å². The first-order chi connectivity index (χ1) is 8.69. The van der Waals surface area contributed by atoms with Crippen LogP contribution in [-0.4, -0.2) is 0 Å². The van der Waals surface area contributed by atoms with Gasteiger partial charge in [0.05, 0.1) is 0 Å². The predicted octanol–water partition coefficient (Wildman–Crippen LogP) is 5.47. The summed E-state index contributed by atoms with van der Waals surface area (Å²) in [6.07, 6.45) is 0. The monoisotopic (exact) mass is 344 g/mol. The number of hydrogen-bond donors (Lipinski definition) is 0. The van der Waals surface area contributed by atoms with Gasteiger partial charge < -0.3 is 4.74 Å². The van der Waals surface area contributed by atoms with Gasteiger partial charge in [-0.25, -0.2) is 0 Å². The summed E-state index contributed by atoms with van der Waals surface area (Å²) in [5.41, 5.74) is 2.07. The maximum absolute atomic E-state index is 5.94. The van der Waals surface area contributed by atoms with E-state index in [4.69, 9.17) is 27.9 Å². The fourth-order valence-electron chi connectivity index (χ4n) is 1.58. The molecule has 0 atom stereocenters. The lowest BCUT2D eigenvalue weighted by atomic mass is 10.2. The molecule has 4 heteroatoms. The minimum atomic E-state index is 0.488. The van der Waals surface area contributed by atoms with Crippen LogP contribution < -0.4 is 4.74 Å². The summed E-state index contributed by atoms with van der Waals surface area (Å²) in [5.74, 6) is 0.830. The van der Waals surface area contributed by atoms with E-state index in [1.807, 2.05) is 42.5 Å². The third-order valence-electron chi connectivity index (χ3n) is 2.45. The van der Waals surface area contributed by atoms with E-state index in [-0.39, 0.29) is 0 Å². The van der Waals surface area contributed by atoms with Crippen molar-refractivity contribution in [2.24, 2.45) is 0 Å². The molecule has 0 bridgehead atoms. The Labute approximate surface area is 125 Å². The fraction of sp³-hybridized carbons (Fsp3) is 0.143. The fourth-order valence-corrected chi connectivity index (χ4v) is 2.43. The lowest BCUT2D eigenvalue weighted by Crippen LogP contribution is -1.97. The van der Waals surface area contributed by atoms with Gasteiger partial charge in [0.2, 0.25) is 0 Å². The van der Waals surface area contributed by atoms with Gasteiger partial charge in [-0.1, -0.05) is 51.3 Å². The van der Waals surface area contributed by atoms with Gasteiger partial charge in [0.1, 0.15) is 12.4 Å². The minimum Gasteiger partial charge on any atom is -0.489 e. The van der Waals surface area contributed by atoms with Crippen molar-refractivity contribution in [2.75, 3.05) is 0 Å². The molecule has 2 aromatic rings. The lowest BCUT2D eigenvalue weighted by molar-refractivity contribution is 0.304. The first-order valence-electron chi connectivity index (χ1n) is 5.40. The van der Waals surface area contributed by atoms with E-state index < -0.39 is 0 Å². The van der Waals surface area contributed by atoms with E-state index in [1.54, 1.807) is 0 Å². The number of hydrogen-bond acceptors (Lipinski definition) is 1. The molecule has 0 unspecified atom stereocenters. The first-order valence-corrected chi connectivity index (χ1v) is 7.28. The van der Waals surface area contributed by atoms with Gasteiger partial charge in [0, 0.05) is 20.9 Å². The summed E-state index contributed by atoms with van der Waals surface area (Å²) in [7, 11) is 0. The van der Waals surface area contributed by atoms with Crippen LogP contribution in [0.25, 0.3) is 0 Å². The maximum Gasteiger partial charge on any atom is 0.123 e. The Hall–Kier alpha value is -0.700. The second-order valence-corrected chi connectivity index (χ2v) is 5.24. The Balaban J connectivity index is 2.10. The number of halogens is 3. The second-order valence-electron chi connectivity index (χ2n) is 3.80. The van der Waals surface area contributed by atoms with Crippen LogP contribution in [0.2, 0.25) is 10.0 Å². The normalized spacial score (nSPS) is 10.4. The molecule has 0 saturated heterocycles. The zero-order chi connectivity index (χ0) is 13.0. The molecule has 0 spiro atoms. The molecule has 94 valence electrons. The van der Waals surface area contributed by atoms with Gasteiger partial charge in [-0.15, -0.1) is 0 Å². The Morgan fingerprint density at radius 2 is 1.78 bits per heavy atom. The molecule has 1 nitrogen and oxygen atoms in total. The van der Waals surface area contributed by atoms with Crippen molar-refractivity contribution in [3.63, 3.8) is 0 Å². The van der Waals surface area contributed by atoms with Crippen molar-refractivity contribution >= 4 is 39.1 Å². The summed E-state index contributed by atoms with van der Waals surface area (Å²) in [6.45, 7) is 0.488. The number of benzene rings is 2. The molecule has 0 heterocycles. The third-order valence-corrected chi connectivity index (χ3v) is 3.52. The van der Waals surface area contributed by atoms with Gasteiger partial charge in [-0.2, -0.15) is 0 Å². The van der Waals surface area contributed by atoms with Gasteiger partial charge in [-0.3, -0.25) is 0 Å². The highest BCUT2D eigenvalue weighted by Crippen LogP contribution is 2.26. The van der Waals surface area contributed by atoms with E-state index in [9.17, 15) is 0 Å². The highest BCUT2D eigenvalue weighted by molar-refractivity contribution is 9.08. The van der Waals surface area contributed by atoms with Crippen molar-refractivity contribution in [1.82, 2.24) is 0 Å². The number of alkyl halides is 1. The molecule has 0 amide bonds. The average Bonchev–Trinajstić information content (AvgIpc) is 2.37. The van der Waals surface area contributed by atoms with Crippen LogP contribution in [0.5, 0.6) is 5.75 Å². The smallest absolute Gasteiger partial charge is 0.123 e. The average molecular weight is 346 g/mol. The maximum atomic E-state index is 5.94. The van der Waals surface area contributed by atoms with E-state index in [2.05, 4.69) is 15.9 Å². The molecule has 0 aromatic heterocycles. The molecular formula is C14H11BrCl2O. The third kappa shape index (κ3) is 3.64. The highest BCUT2D eigenvalue weighted by atomic mass is 79.9. The standard InChI is InChI=1S/C14H11BrCl2O/c15-8-11-7-13(17)4-5-14(11)18-9-10-2-1-3-12(16)6-10/h1-7H,8-9H2. The summed E-state index contributed by atoms with van der Waals surface area (Å²) in [5, 5.41) is 2.13. The molecule has 0 N–H and O–H groups in total. The first kappa shape index (κ1) is 13.7. The molecule has 0 saturated carbocycles. The largest absolute Gasteiger partial charge is 0.489 e. The minimum absolute atomic E-state index is 0.488. The molecule has 0 fully saturated rings. The predicted molar refractivity (Wildman–Crippen MR) is 79.9 cm³/mol. The number of rotatable bonds is 4. The van der Waals surface area contributed by atoms with Crippen molar-refractivity contribution in [3.8, 4) is 5.75 Å². The van der Waals surface area contributed by atoms with Crippen LogP contribution in [0.15, 0.2) is 42.5 Å². The summed E-state index contributed by atoms with van der Waals surface area (Å²) >= 11 is 15.3. The van der Waals surface area contributed by atoms with Crippen LogP contribution in [0.1, 0.15) is 11.1 Å². The molecule has 0 radical (unpaired) electrons. The van der Waals surface area contributed by atoms with Crippen LogP contribution in [0.4, 0.5) is 0 Å². The Bertz CT molecular complexity index is 543. The topological polar surface area (TPSA) is 9.23 Å². The van der Waals surface area contributed by atoms with Crippen molar-refractivity contribution in [1.29, 1.82) is 0 Å². The van der Waals surface area contributed by atoms with Crippen molar-refractivity contribution < 1.29 is 4.74 Å². The zero-order valence-corrected chi connectivity index (χ0v) is 12.6. The Morgan fingerprint density at radius 1 is 1.00 bits per heavy atom. The molecule has 2 aromatic carbocycles. The van der Waals surface area contributed by atoms with Crippen LogP contribution >= 0.6 is 39.1 Å². The van der Waals surface area contributed by atoms with Gasteiger partial charge >= 0.3 is 0 Å². The summed E-state index contributed by atoms with van der Waals surface area (Å²) in [4.78, 5) is 0. The molecule has 0 aliphatic rings. The molecule has 18 heavy (non-hydrogen) atoms. The lowest BCUT2D eigenvalue weighted by Gasteiger charge is -2.10. The zero-order valence-electron chi connectivity index (χ0n) is 9.50. The van der Waals surface area contributed by atoms with E-state index in [1.165, 1.54) is 0 Å². The van der Waals surface area contributed by atoms with E-state index >= 15 is 0 Å². The van der Waals surface area contributed by atoms with E-state index in [0.29, 0.717) is 22.0 Å². The van der Waals surface area contributed by atoms with Crippen LogP contribution in [0.3, 0.4) is 0 Å². The second kappa shape index (κ2) is 6.46. The van der Waals surface area contributed by atoms with Crippen LogP contribution in [-0.2, 0) is 11.9 Å². The molecule has 0 aliphatic carbocycles. The highest BCUT2D eigenvalue weighted by Gasteiger charge is 2.04. The van der Waals surface area contributed by atoms with Gasteiger partial charge in [0.25, 0.3) is 0 Å². The molecule has 0 aliphatic heterocycles. The summed E-state index contributed by atoms with van der Waals surface area (Å²) < 4.78 is 5.78. The van der Waals surface area contributed by atoms with E-state index in [0.717, 1.165) is 16.9 Å². The van der Waals surface area contributed by atoms with Crippen LogP contribution in [0, 0.1) is 0 Å². The summed E-state index contributed by atoms with van der Waals surface area (Å²) in [6, 6.07) is 13.2. The molecule has 2 rings (SSSR count). The quantitative estimate of drug-likeness (QED) is 0.668.